The van der Waals surface area contributed by atoms with Gasteiger partial charge < -0.3 is 20.3 Å². The number of amidine groups is 1. The van der Waals surface area contributed by atoms with Crippen LogP contribution in [-0.4, -0.2) is 76.4 Å². The van der Waals surface area contributed by atoms with Crippen LogP contribution in [0, 0.1) is 6.92 Å². The van der Waals surface area contributed by atoms with Crippen molar-refractivity contribution in [1.82, 2.24) is 29.6 Å². The van der Waals surface area contributed by atoms with E-state index in [9.17, 15) is 0 Å². The van der Waals surface area contributed by atoms with Crippen molar-refractivity contribution >= 4 is 23.3 Å². The average Bonchev–Trinajstić information content (AvgIpc) is 3.08. The van der Waals surface area contributed by atoms with Crippen LogP contribution in [0.15, 0.2) is 23.5 Å². The smallest absolute Gasteiger partial charge is 0.230 e. The molecule has 0 fully saturated rings. The van der Waals surface area contributed by atoms with Gasteiger partial charge in [-0.15, -0.1) is 0 Å². The number of hydrogen-bond acceptors (Lipinski definition) is 9. The second kappa shape index (κ2) is 8.23. The molecule has 3 heterocycles. The fourth-order valence-corrected chi connectivity index (χ4v) is 2.68. The molecule has 2 aromatic heterocycles. The van der Waals surface area contributed by atoms with Crippen LogP contribution in [0.2, 0.25) is 0 Å². The van der Waals surface area contributed by atoms with Crippen LogP contribution in [0.1, 0.15) is 11.5 Å². The normalized spacial score (nSPS) is 16.9. The van der Waals surface area contributed by atoms with Gasteiger partial charge in [0.2, 0.25) is 5.95 Å². The second-order valence-corrected chi connectivity index (χ2v) is 6.46. The van der Waals surface area contributed by atoms with E-state index < -0.39 is 0 Å². The lowest BCUT2D eigenvalue weighted by Gasteiger charge is -2.22. The molecule has 1 atom stereocenters. The maximum Gasteiger partial charge on any atom is 0.230 e. The Hall–Kier alpha value is -2.85. The molecule has 10 nitrogen and oxygen atoms in total. The summed E-state index contributed by atoms with van der Waals surface area (Å²) in [5.74, 6) is 2.62. The van der Waals surface area contributed by atoms with Gasteiger partial charge in [-0.25, -0.2) is 14.6 Å². The highest BCUT2D eigenvalue weighted by Crippen LogP contribution is 2.18. The second-order valence-electron chi connectivity index (χ2n) is 6.46. The first kappa shape index (κ1) is 18.9. The Morgan fingerprint density at radius 2 is 2.15 bits per heavy atom. The molecule has 0 aromatic carbocycles. The Labute approximate surface area is 158 Å². The molecule has 0 saturated carbocycles. The number of rotatable bonds is 6. The first-order valence-corrected chi connectivity index (χ1v) is 8.63. The predicted molar refractivity (Wildman–Crippen MR) is 105 cm³/mol. The zero-order valence-electron chi connectivity index (χ0n) is 16.3. The van der Waals surface area contributed by atoms with Crippen LogP contribution in [-0.2, 0) is 11.3 Å². The van der Waals surface area contributed by atoms with Crippen molar-refractivity contribution < 1.29 is 4.74 Å². The maximum absolute atomic E-state index is 5.56. The van der Waals surface area contributed by atoms with E-state index in [1.54, 1.807) is 18.1 Å². The largest absolute Gasteiger partial charge is 0.373 e. The Morgan fingerprint density at radius 1 is 1.33 bits per heavy atom. The fraction of sp³-hybridized carbons (Fsp3) is 0.471. The topological polar surface area (TPSA) is 105 Å². The van der Waals surface area contributed by atoms with Gasteiger partial charge in [-0.1, -0.05) is 0 Å². The predicted octanol–water partition coefficient (Wildman–Crippen LogP) is 0.860. The van der Waals surface area contributed by atoms with Gasteiger partial charge in [-0.2, -0.15) is 10.1 Å². The van der Waals surface area contributed by atoms with E-state index in [-0.39, 0.29) is 6.10 Å². The zero-order valence-corrected chi connectivity index (χ0v) is 16.3. The zero-order chi connectivity index (χ0) is 19.4. The van der Waals surface area contributed by atoms with Crippen LogP contribution in [0.4, 0.5) is 11.8 Å². The van der Waals surface area contributed by atoms with Crippen molar-refractivity contribution in [3.05, 3.63) is 30.0 Å². The Bertz CT molecular complexity index is 856. The van der Waals surface area contributed by atoms with Gasteiger partial charge in [0, 0.05) is 32.0 Å². The van der Waals surface area contributed by atoms with Crippen molar-refractivity contribution in [2.24, 2.45) is 4.99 Å². The van der Waals surface area contributed by atoms with Crippen molar-refractivity contribution in [2.45, 2.75) is 19.6 Å². The highest BCUT2D eigenvalue weighted by Gasteiger charge is 2.22. The summed E-state index contributed by atoms with van der Waals surface area (Å²) in [5.41, 5.74) is 1.71. The van der Waals surface area contributed by atoms with Crippen molar-refractivity contribution in [1.29, 1.82) is 0 Å². The number of anilines is 2. The van der Waals surface area contributed by atoms with Crippen LogP contribution in [0.3, 0.4) is 0 Å². The number of hydrogen-bond donors (Lipinski definition) is 2. The molecule has 27 heavy (non-hydrogen) atoms. The van der Waals surface area contributed by atoms with E-state index in [1.807, 2.05) is 45.1 Å². The number of nitrogens with one attached hydrogen (secondary N) is 2. The molecule has 2 aromatic rings. The van der Waals surface area contributed by atoms with E-state index in [4.69, 9.17) is 4.74 Å². The number of ether oxygens (including phenoxy) is 1. The number of dihydropyridines is 1. The molecule has 1 aliphatic heterocycles. The molecule has 0 spiro atoms. The number of methoxy groups -OCH3 is 1. The van der Waals surface area contributed by atoms with Crippen LogP contribution >= 0.6 is 0 Å². The van der Waals surface area contributed by atoms with Crippen LogP contribution in [0.25, 0.3) is 5.70 Å². The molecule has 3 rings (SSSR count). The SMILES string of the molecule is CNc1cc(C)nc(NC2=NCC(OC)C(n3cnc(CN(C)C)n3)=C2)n1. The summed E-state index contributed by atoms with van der Waals surface area (Å²) in [7, 11) is 7.44. The molecule has 0 saturated heterocycles. The molecule has 0 bridgehead atoms. The molecule has 1 aliphatic rings. The third-order valence-corrected chi connectivity index (χ3v) is 3.94. The van der Waals surface area contributed by atoms with Crippen LogP contribution in [0.5, 0.6) is 0 Å². The molecule has 2 N–H and O–H groups in total. The van der Waals surface area contributed by atoms with Crippen molar-refractivity contribution in [2.75, 3.05) is 45.4 Å². The van der Waals surface area contributed by atoms with Gasteiger partial charge in [-0.05, 0) is 21.0 Å². The maximum atomic E-state index is 5.56. The molecule has 10 heteroatoms. The quantitative estimate of drug-likeness (QED) is 0.770. The summed E-state index contributed by atoms with van der Waals surface area (Å²) in [6.07, 6.45) is 3.38. The molecule has 0 radical (unpaired) electrons. The first-order chi connectivity index (χ1) is 13.0. The number of aryl methyl sites for hydroxylation is 1. The van der Waals surface area contributed by atoms with E-state index in [2.05, 4.69) is 35.7 Å². The third-order valence-electron chi connectivity index (χ3n) is 3.94. The Morgan fingerprint density at radius 3 is 2.85 bits per heavy atom. The van der Waals surface area contributed by atoms with E-state index in [1.165, 1.54) is 0 Å². The highest BCUT2D eigenvalue weighted by molar-refractivity contribution is 6.07. The Balaban J connectivity index is 1.84. The summed E-state index contributed by atoms with van der Waals surface area (Å²) in [5, 5.41) is 10.7. The summed E-state index contributed by atoms with van der Waals surface area (Å²) in [6.45, 7) is 3.06. The Kier molecular flexibility index (Phi) is 5.77. The summed E-state index contributed by atoms with van der Waals surface area (Å²) in [4.78, 5) is 19.7. The minimum atomic E-state index is -0.198. The first-order valence-electron chi connectivity index (χ1n) is 8.63. The van der Waals surface area contributed by atoms with Gasteiger partial charge in [0.05, 0.1) is 18.8 Å². The molecule has 0 aliphatic carbocycles. The molecule has 144 valence electrons. The van der Waals surface area contributed by atoms with E-state index in [0.717, 1.165) is 23.0 Å². The minimum Gasteiger partial charge on any atom is -0.373 e. The number of aromatic nitrogens is 5. The summed E-state index contributed by atoms with van der Waals surface area (Å²) >= 11 is 0. The van der Waals surface area contributed by atoms with Gasteiger partial charge in [0.1, 0.15) is 24.1 Å². The van der Waals surface area contributed by atoms with E-state index >= 15 is 0 Å². The van der Waals surface area contributed by atoms with Crippen LogP contribution < -0.4 is 10.6 Å². The number of aliphatic imine (C=N–C) groups is 1. The minimum absolute atomic E-state index is 0.198. The lowest BCUT2D eigenvalue weighted by Crippen LogP contribution is -2.29. The monoisotopic (exact) mass is 371 g/mol. The van der Waals surface area contributed by atoms with Gasteiger partial charge in [0.25, 0.3) is 0 Å². The molecule has 1 unspecified atom stereocenters. The molecule has 0 amide bonds. The van der Waals surface area contributed by atoms with Gasteiger partial charge in [0.15, 0.2) is 5.82 Å². The summed E-state index contributed by atoms with van der Waals surface area (Å²) in [6, 6.07) is 1.87. The van der Waals surface area contributed by atoms with Gasteiger partial charge in [-0.3, -0.25) is 4.99 Å². The molecular formula is C17H25N9O. The van der Waals surface area contributed by atoms with Crippen molar-refractivity contribution in [3.63, 3.8) is 0 Å². The summed E-state index contributed by atoms with van der Waals surface area (Å²) < 4.78 is 7.29. The van der Waals surface area contributed by atoms with Gasteiger partial charge >= 0.3 is 0 Å². The lowest BCUT2D eigenvalue weighted by atomic mass is 10.2. The molecular weight excluding hydrogens is 346 g/mol. The van der Waals surface area contributed by atoms with Crippen molar-refractivity contribution in [3.8, 4) is 0 Å². The average molecular weight is 371 g/mol. The van der Waals surface area contributed by atoms with E-state index in [0.29, 0.717) is 24.9 Å². The fourth-order valence-electron chi connectivity index (χ4n) is 2.68. The number of nitrogens with zero attached hydrogens (tertiary/aromatic N) is 7. The lowest BCUT2D eigenvalue weighted by molar-refractivity contribution is 0.149. The highest BCUT2D eigenvalue weighted by atomic mass is 16.5. The standard InChI is InChI=1S/C17H25N9O/c1-11-6-14(18-2)22-17(21-11)23-15-7-12(13(27-5)8-19-15)26-10-20-16(24-26)9-25(3)4/h6-7,10,13H,8-9H2,1-5H3,(H2,18,19,21,22,23). The third kappa shape index (κ3) is 4.66.